The van der Waals surface area contributed by atoms with Gasteiger partial charge in [0.2, 0.25) is 6.43 Å². The van der Waals surface area contributed by atoms with Gasteiger partial charge in [0.25, 0.3) is 0 Å². The van der Waals surface area contributed by atoms with Crippen molar-refractivity contribution in [3.05, 3.63) is 83.3 Å². The van der Waals surface area contributed by atoms with Crippen molar-refractivity contribution in [2.24, 2.45) is 0 Å². The number of carbonyl (C=O) groups excluding carboxylic acids is 1. The molecule has 3 aromatic carbocycles. The van der Waals surface area contributed by atoms with Gasteiger partial charge in [0, 0.05) is 35.1 Å². The van der Waals surface area contributed by atoms with Crippen LogP contribution in [0.2, 0.25) is 0 Å². The highest BCUT2D eigenvalue weighted by Crippen LogP contribution is 2.39. The molecule has 1 N–H and O–H groups in total. The zero-order valence-electron chi connectivity index (χ0n) is 24.2. The van der Waals surface area contributed by atoms with Gasteiger partial charge in [-0.1, -0.05) is 54.6 Å². The summed E-state index contributed by atoms with van der Waals surface area (Å²) in [5, 5.41) is 10.3. The van der Waals surface area contributed by atoms with Crippen LogP contribution >= 0.6 is 0 Å². The Morgan fingerprint density at radius 2 is 1.88 bits per heavy atom. The molecule has 224 valence electrons. The highest BCUT2D eigenvalue weighted by atomic mass is 19.3. The smallest absolute Gasteiger partial charge is 0.355 e. The summed E-state index contributed by atoms with van der Waals surface area (Å²) in [6.45, 7) is 3.82. The minimum Gasteiger partial charge on any atom is -0.493 e. The number of fused-ring (bicyclic) bond motifs is 3. The Morgan fingerprint density at radius 3 is 2.74 bits per heavy atom. The van der Waals surface area contributed by atoms with E-state index >= 15 is 0 Å². The van der Waals surface area contributed by atoms with Crippen molar-refractivity contribution in [1.82, 2.24) is 14.8 Å². The number of para-hydroxylation sites is 1. The van der Waals surface area contributed by atoms with Crippen LogP contribution in [0.3, 0.4) is 0 Å². The molecule has 2 aromatic heterocycles. The van der Waals surface area contributed by atoms with E-state index in [-0.39, 0.29) is 24.9 Å². The summed E-state index contributed by atoms with van der Waals surface area (Å²) in [6, 6.07) is 20.0. The van der Waals surface area contributed by atoms with Crippen molar-refractivity contribution in [2.75, 3.05) is 19.8 Å². The molecule has 43 heavy (non-hydrogen) atoms. The molecule has 0 radical (unpaired) electrons. The second-order valence-electron chi connectivity index (χ2n) is 10.7. The first-order valence-electron chi connectivity index (χ1n) is 14.9. The van der Waals surface area contributed by atoms with Crippen LogP contribution in [0.5, 0.6) is 5.75 Å². The summed E-state index contributed by atoms with van der Waals surface area (Å²) in [5.74, 6) is 0.435. The SMILES string of the molecule is CCOC(=O)c1c(CCCOc2cccc3ccccc23)c2cccc3c2n1CCCCOCc1[nH]nc(CC(F)F)c1-3. The minimum atomic E-state index is -2.55. The van der Waals surface area contributed by atoms with E-state index in [1.54, 1.807) is 6.92 Å². The van der Waals surface area contributed by atoms with E-state index in [1.165, 1.54) is 0 Å². The van der Waals surface area contributed by atoms with Crippen molar-refractivity contribution in [1.29, 1.82) is 0 Å². The molecular weight excluding hydrogens is 552 g/mol. The number of hydrogen-bond donors (Lipinski definition) is 1. The Labute approximate surface area is 248 Å². The maximum Gasteiger partial charge on any atom is 0.355 e. The molecule has 1 aliphatic heterocycles. The third-order valence-corrected chi connectivity index (χ3v) is 7.93. The van der Waals surface area contributed by atoms with Gasteiger partial charge in [-0.15, -0.1) is 0 Å². The van der Waals surface area contributed by atoms with Crippen molar-refractivity contribution < 1.29 is 27.8 Å². The van der Waals surface area contributed by atoms with Crippen LogP contribution in [-0.4, -0.2) is 47.0 Å². The van der Waals surface area contributed by atoms with Crippen LogP contribution in [0.1, 0.15) is 53.6 Å². The number of esters is 1. The summed E-state index contributed by atoms with van der Waals surface area (Å²) in [4.78, 5) is 13.6. The molecule has 0 atom stereocenters. The number of hydrogen-bond acceptors (Lipinski definition) is 5. The Morgan fingerprint density at radius 1 is 1.07 bits per heavy atom. The number of carbonyl (C=O) groups is 1. The number of aryl methyl sites for hydroxylation is 2. The van der Waals surface area contributed by atoms with Gasteiger partial charge in [-0.25, -0.2) is 13.6 Å². The maximum atomic E-state index is 13.6. The van der Waals surface area contributed by atoms with Crippen molar-refractivity contribution >= 4 is 27.6 Å². The second-order valence-corrected chi connectivity index (χ2v) is 10.7. The van der Waals surface area contributed by atoms with Gasteiger partial charge in [0.15, 0.2) is 0 Å². The fourth-order valence-corrected chi connectivity index (χ4v) is 6.13. The highest BCUT2D eigenvalue weighted by molar-refractivity contribution is 6.05. The summed E-state index contributed by atoms with van der Waals surface area (Å²) in [5.41, 5.74) is 4.53. The third kappa shape index (κ3) is 5.86. The third-order valence-electron chi connectivity index (χ3n) is 7.93. The normalized spacial score (nSPS) is 13.7. The summed E-state index contributed by atoms with van der Waals surface area (Å²) >= 11 is 0. The molecule has 0 bridgehead atoms. The lowest BCUT2D eigenvalue weighted by Crippen LogP contribution is -2.15. The number of aromatic amines is 1. The van der Waals surface area contributed by atoms with Gasteiger partial charge in [-0.2, -0.15) is 5.10 Å². The molecule has 9 heteroatoms. The molecule has 0 saturated carbocycles. The van der Waals surface area contributed by atoms with Gasteiger partial charge in [-0.3, -0.25) is 5.10 Å². The zero-order valence-corrected chi connectivity index (χ0v) is 24.2. The number of H-pyrrole nitrogens is 1. The van der Waals surface area contributed by atoms with Crippen LogP contribution in [-0.2, 0) is 35.5 Å². The number of nitrogens with one attached hydrogen (secondary N) is 1. The molecule has 0 amide bonds. The van der Waals surface area contributed by atoms with E-state index in [9.17, 15) is 13.6 Å². The van der Waals surface area contributed by atoms with Crippen LogP contribution in [0, 0.1) is 0 Å². The first-order valence-corrected chi connectivity index (χ1v) is 14.9. The molecule has 0 aliphatic carbocycles. The van der Waals surface area contributed by atoms with Gasteiger partial charge in [-0.05, 0) is 49.6 Å². The lowest BCUT2D eigenvalue weighted by molar-refractivity contribution is 0.0512. The van der Waals surface area contributed by atoms with Gasteiger partial charge >= 0.3 is 5.97 Å². The van der Waals surface area contributed by atoms with E-state index in [0.29, 0.717) is 49.6 Å². The predicted molar refractivity (Wildman–Crippen MR) is 162 cm³/mol. The maximum absolute atomic E-state index is 13.6. The van der Waals surface area contributed by atoms with Gasteiger partial charge < -0.3 is 18.8 Å². The lowest BCUT2D eigenvalue weighted by Gasteiger charge is -2.13. The number of halogens is 2. The van der Waals surface area contributed by atoms with E-state index in [1.807, 2.05) is 53.1 Å². The lowest BCUT2D eigenvalue weighted by atomic mass is 9.97. The molecule has 6 rings (SSSR count). The van der Waals surface area contributed by atoms with Crippen LogP contribution in [0.4, 0.5) is 8.78 Å². The Bertz CT molecular complexity index is 1740. The molecule has 3 heterocycles. The fraction of sp³-hybridized carbons (Fsp3) is 0.353. The van der Waals surface area contributed by atoms with Crippen molar-refractivity contribution in [3.63, 3.8) is 0 Å². The summed E-state index contributed by atoms with van der Waals surface area (Å²) in [6.07, 6.45) is -0.218. The van der Waals surface area contributed by atoms with E-state index < -0.39 is 12.8 Å². The number of aromatic nitrogens is 3. The Hall–Kier alpha value is -4.24. The average Bonchev–Trinajstić information content (AvgIpc) is 3.53. The van der Waals surface area contributed by atoms with E-state index in [2.05, 4.69) is 22.3 Å². The fourth-order valence-electron chi connectivity index (χ4n) is 6.13. The van der Waals surface area contributed by atoms with E-state index in [0.717, 1.165) is 51.4 Å². The minimum absolute atomic E-state index is 0.242. The molecule has 7 nitrogen and oxygen atoms in total. The highest BCUT2D eigenvalue weighted by Gasteiger charge is 2.28. The second kappa shape index (κ2) is 13.0. The van der Waals surface area contributed by atoms with Gasteiger partial charge in [0.1, 0.15) is 11.4 Å². The molecule has 0 saturated heterocycles. The largest absolute Gasteiger partial charge is 0.493 e. The Kier molecular flexibility index (Phi) is 8.69. The van der Waals surface area contributed by atoms with Crippen LogP contribution in [0.15, 0.2) is 60.7 Å². The number of benzene rings is 3. The first kappa shape index (κ1) is 28.9. The monoisotopic (exact) mass is 587 g/mol. The number of rotatable bonds is 9. The number of nitrogens with zero attached hydrogens (tertiary/aromatic N) is 2. The standard InChI is InChI=1S/C34H35F2N3O4/c1-2-42-34(40)33-25(15-9-19-43-29-16-7-11-22-10-3-4-12-23(22)29)24-13-8-14-26-31-27(20-30(35)36)37-38-28(31)21-41-18-6-5-17-39(33)32(24)26/h3-4,7-8,10-14,16,30H,2,5-6,9,15,17-21H2,1H3,(H,37,38). The number of ether oxygens (including phenoxy) is 3. The predicted octanol–water partition coefficient (Wildman–Crippen LogP) is 7.49. The summed E-state index contributed by atoms with van der Waals surface area (Å²) < 4.78 is 47.0. The topological polar surface area (TPSA) is 78.4 Å². The zero-order chi connectivity index (χ0) is 29.8. The molecular formula is C34H35F2N3O4. The van der Waals surface area contributed by atoms with Crippen LogP contribution in [0.25, 0.3) is 32.8 Å². The molecule has 0 fully saturated rings. The molecule has 1 aliphatic rings. The van der Waals surface area contributed by atoms with Crippen molar-refractivity contribution in [3.8, 4) is 16.9 Å². The molecule has 0 spiro atoms. The van der Waals surface area contributed by atoms with Crippen LogP contribution < -0.4 is 4.74 Å². The Balaban J connectivity index is 1.42. The first-order chi connectivity index (χ1) is 21.1. The van der Waals surface area contributed by atoms with Gasteiger partial charge in [0.05, 0.1) is 43.1 Å². The molecule has 0 unspecified atom stereocenters. The van der Waals surface area contributed by atoms with E-state index in [4.69, 9.17) is 14.2 Å². The molecule has 5 aromatic rings. The quantitative estimate of drug-likeness (QED) is 0.143. The average molecular weight is 588 g/mol. The summed E-state index contributed by atoms with van der Waals surface area (Å²) in [7, 11) is 0. The number of alkyl halides is 2. The van der Waals surface area contributed by atoms with Crippen molar-refractivity contribution in [2.45, 2.75) is 58.6 Å².